The van der Waals surface area contributed by atoms with Crippen LogP contribution in [0.15, 0.2) is 42.5 Å². The molecule has 1 aromatic carbocycles. The van der Waals surface area contributed by atoms with Gasteiger partial charge < -0.3 is 5.32 Å². The second-order valence-corrected chi connectivity index (χ2v) is 5.78. The molecular weight excluding hydrogens is 222 g/mol. The molecule has 0 aliphatic heterocycles. The van der Waals surface area contributed by atoms with E-state index in [0.717, 1.165) is 18.4 Å². The highest BCUT2D eigenvalue weighted by atomic mass is 16.2. The predicted molar refractivity (Wildman–Crippen MR) is 71.7 cm³/mol. The van der Waals surface area contributed by atoms with Crippen LogP contribution in [0.1, 0.15) is 25.3 Å². The lowest BCUT2D eigenvalue weighted by molar-refractivity contribution is -0.131. The lowest BCUT2D eigenvalue weighted by Crippen LogP contribution is -2.41. The lowest BCUT2D eigenvalue weighted by Gasteiger charge is -2.29. The Bertz CT molecular complexity index is 479. The molecule has 1 amide bonds. The van der Waals surface area contributed by atoms with Crippen LogP contribution in [0.4, 0.5) is 0 Å². The van der Waals surface area contributed by atoms with E-state index in [0.29, 0.717) is 18.4 Å². The van der Waals surface area contributed by atoms with Gasteiger partial charge in [-0.25, -0.2) is 0 Å². The molecule has 2 nitrogen and oxygen atoms in total. The fraction of sp³-hybridized carbons (Fsp3) is 0.438. The van der Waals surface area contributed by atoms with Crippen molar-refractivity contribution < 1.29 is 4.79 Å². The summed E-state index contributed by atoms with van der Waals surface area (Å²) in [4.78, 5) is 12.4. The molecule has 1 aromatic rings. The summed E-state index contributed by atoms with van der Waals surface area (Å²) >= 11 is 0. The summed E-state index contributed by atoms with van der Waals surface area (Å²) < 4.78 is 0. The summed E-state index contributed by atoms with van der Waals surface area (Å²) in [6, 6.07) is 10.1. The number of benzene rings is 1. The van der Waals surface area contributed by atoms with Gasteiger partial charge in [-0.1, -0.05) is 49.4 Å². The molecule has 1 saturated carbocycles. The third-order valence-corrected chi connectivity index (χ3v) is 4.49. The van der Waals surface area contributed by atoms with Crippen molar-refractivity contribution in [2.24, 2.45) is 17.3 Å². The van der Waals surface area contributed by atoms with Crippen molar-refractivity contribution in [2.45, 2.75) is 26.3 Å². The highest BCUT2D eigenvalue weighted by Crippen LogP contribution is 2.51. The van der Waals surface area contributed by atoms with Crippen LogP contribution in [-0.4, -0.2) is 5.91 Å². The van der Waals surface area contributed by atoms with Gasteiger partial charge in [0.05, 0.1) is 5.41 Å². The van der Waals surface area contributed by atoms with Gasteiger partial charge in [-0.3, -0.25) is 4.79 Å². The average Bonchev–Trinajstić information content (AvgIpc) is 2.97. The van der Waals surface area contributed by atoms with Crippen LogP contribution in [0.5, 0.6) is 0 Å². The van der Waals surface area contributed by atoms with Crippen LogP contribution in [0.3, 0.4) is 0 Å². The molecule has 0 radical (unpaired) electrons. The quantitative estimate of drug-likeness (QED) is 0.810. The van der Waals surface area contributed by atoms with Crippen molar-refractivity contribution in [1.82, 2.24) is 5.32 Å². The Labute approximate surface area is 108 Å². The maximum Gasteiger partial charge on any atom is 0.226 e. The SMILES string of the molecule is C[C@@]1(C(=O)NCc2ccccc2)C[C@H]2C=C[C@H]1C2. The average molecular weight is 241 g/mol. The number of carbonyl (C=O) groups excluding carboxylic acids is 1. The zero-order valence-corrected chi connectivity index (χ0v) is 10.7. The van der Waals surface area contributed by atoms with Crippen molar-refractivity contribution in [1.29, 1.82) is 0 Å². The van der Waals surface area contributed by atoms with Crippen LogP contribution >= 0.6 is 0 Å². The summed E-state index contributed by atoms with van der Waals surface area (Å²) in [6.45, 7) is 2.75. The predicted octanol–water partition coefficient (Wildman–Crippen LogP) is 2.91. The second-order valence-electron chi connectivity index (χ2n) is 5.78. The maximum absolute atomic E-state index is 12.4. The van der Waals surface area contributed by atoms with E-state index in [1.54, 1.807) is 0 Å². The van der Waals surface area contributed by atoms with Crippen LogP contribution in [0.25, 0.3) is 0 Å². The fourth-order valence-corrected chi connectivity index (χ4v) is 3.34. The lowest BCUT2D eigenvalue weighted by atomic mass is 9.77. The summed E-state index contributed by atoms with van der Waals surface area (Å²) in [7, 11) is 0. The highest BCUT2D eigenvalue weighted by molar-refractivity contribution is 5.83. The van der Waals surface area contributed by atoms with Crippen molar-refractivity contribution in [3.05, 3.63) is 48.0 Å². The maximum atomic E-state index is 12.4. The Hall–Kier alpha value is -1.57. The molecule has 18 heavy (non-hydrogen) atoms. The van der Waals surface area contributed by atoms with E-state index < -0.39 is 0 Å². The molecule has 0 saturated heterocycles. The molecule has 0 unspecified atom stereocenters. The molecule has 2 bridgehead atoms. The van der Waals surface area contributed by atoms with Crippen LogP contribution in [0, 0.1) is 17.3 Å². The van der Waals surface area contributed by atoms with Gasteiger partial charge in [0.2, 0.25) is 5.91 Å². The van der Waals surface area contributed by atoms with Crippen molar-refractivity contribution in [3.63, 3.8) is 0 Å². The van der Waals surface area contributed by atoms with Gasteiger partial charge in [0.1, 0.15) is 0 Å². The molecule has 0 heterocycles. The summed E-state index contributed by atoms with van der Waals surface area (Å²) in [5, 5.41) is 3.09. The van der Waals surface area contributed by atoms with Gasteiger partial charge in [0, 0.05) is 6.54 Å². The van der Waals surface area contributed by atoms with Gasteiger partial charge in [0.25, 0.3) is 0 Å². The number of allylic oxidation sites excluding steroid dienone is 2. The minimum Gasteiger partial charge on any atom is -0.352 e. The first kappa shape index (κ1) is 11.5. The minimum atomic E-state index is -0.186. The van der Waals surface area contributed by atoms with E-state index in [4.69, 9.17) is 0 Å². The highest BCUT2D eigenvalue weighted by Gasteiger charge is 2.49. The molecule has 1 fully saturated rings. The molecule has 2 aliphatic rings. The second kappa shape index (κ2) is 4.27. The number of fused-ring (bicyclic) bond motifs is 2. The Morgan fingerprint density at radius 3 is 2.72 bits per heavy atom. The Kier molecular flexibility index (Phi) is 2.73. The van der Waals surface area contributed by atoms with Gasteiger partial charge in [-0.2, -0.15) is 0 Å². The summed E-state index contributed by atoms with van der Waals surface area (Å²) in [6.07, 6.45) is 6.68. The number of hydrogen-bond donors (Lipinski definition) is 1. The number of carbonyl (C=O) groups is 1. The van der Waals surface area contributed by atoms with Gasteiger partial charge in [0.15, 0.2) is 0 Å². The first-order valence-electron chi connectivity index (χ1n) is 6.69. The van der Waals surface area contributed by atoms with Crippen LogP contribution in [0.2, 0.25) is 0 Å². The van der Waals surface area contributed by atoms with E-state index in [1.807, 2.05) is 30.3 Å². The molecule has 3 rings (SSSR count). The zero-order chi connectivity index (χ0) is 12.6. The standard InChI is InChI=1S/C16H19NO/c1-16(10-13-7-8-14(16)9-13)15(18)17-11-12-5-3-2-4-6-12/h2-8,13-14H,9-11H2,1H3,(H,17,18)/t13-,14-,16+/m0/s1. The molecule has 2 heteroatoms. The zero-order valence-electron chi connectivity index (χ0n) is 10.7. The van der Waals surface area contributed by atoms with Gasteiger partial charge >= 0.3 is 0 Å². The first-order valence-corrected chi connectivity index (χ1v) is 6.69. The molecule has 1 N–H and O–H groups in total. The minimum absolute atomic E-state index is 0.186. The van der Waals surface area contributed by atoms with Gasteiger partial charge in [-0.15, -0.1) is 0 Å². The number of hydrogen-bond acceptors (Lipinski definition) is 1. The van der Waals surface area contributed by atoms with E-state index in [1.165, 1.54) is 0 Å². The third kappa shape index (κ3) is 1.86. The number of amides is 1. The molecule has 2 aliphatic carbocycles. The Morgan fingerprint density at radius 2 is 2.11 bits per heavy atom. The van der Waals surface area contributed by atoms with Crippen LogP contribution < -0.4 is 5.32 Å². The molecule has 0 aromatic heterocycles. The van der Waals surface area contributed by atoms with Crippen molar-refractivity contribution >= 4 is 5.91 Å². The fourth-order valence-electron chi connectivity index (χ4n) is 3.34. The van der Waals surface area contributed by atoms with E-state index in [2.05, 4.69) is 24.4 Å². The van der Waals surface area contributed by atoms with E-state index >= 15 is 0 Å². The van der Waals surface area contributed by atoms with E-state index in [9.17, 15) is 4.79 Å². The first-order chi connectivity index (χ1) is 8.68. The largest absolute Gasteiger partial charge is 0.352 e. The molecule has 94 valence electrons. The number of nitrogens with one attached hydrogen (secondary N) is 1. The van der Waals surface area contributed by atoms with Crippen molar-refractivity contribution in [3.8, 4) is 0 Å². The monoisotopic (exact) mass is 241 g/mol. The Morgan fingerprint density at radius 1 is 1.33 bits per heavy atom. The summed E-state index contributed by atoms with van der Waals surface area (Å²) in [5.41, 5.74) is 0.974. The topological polar surface area (TPSA) is 29.1 Å². The smallest absolute Gasteiger partial charge is 0.226 e. The summed E-state index contributed by atoms with van der Waals surface area (Å²) in [5.74, 6) is 1.28. The normalized spacial score (nSPS) is 32.7. The molecule has 3 atom stereocenters. The van der Waals surface area contributed by atoms with Crippen molar-refractivity contribution in [2.75, 3.05) is 0 Å². The Balaban J connectivity index is 1.64. The molecular formula is C16H19NO. The third-order valence-electron chi connectivity index (χ3n) is 4.49. The van der Waals surface area contributed by atoms with E-state index in [-0.39, 0.29) is 11.3 Å². The number of rotatable bonds is 3. The van der Waals surface area contributed by atoms with Crippen LogP contribution in [-0.2, 0) is 11.3 Å². The van der Waals surface area contributed by atoms with Gasteiger partial charge in [-0.05, 0) is 30.2 Å². The molecule has 0 spiro atoms.